The lowest BCUT2D eigenvalue weighted by molar-refractivity contribution is -0.137. The van der Waals surface area contributed by atoms with Crippen LogP contribution in [0.4, 0.5) is 16.2 Å². The topological polar surface area (TPSA) is 94.2 Å². The first-order valence-electron chi connectivity index (χ1n) is 14.6. The maximum atomic E-state index is 14.0. The predicted molar refractivity (Wildman–Crippen MR) is 164 cm³/mol. The number of nitrogens with one attached hydrogen (secondary N) is 2. The van der Waals surface area contributed by atoms with Crippen LogP contribution in [0.5, 0.6) is 5.75 Å². The highest BCUT2D eigenvalue weighted by atomic mass is 16.5. The van der Waals surface area contributed by atoms with Crippen LogP contribution in [0.2, 0.25) is 0 Å². The van der Waals surface area contributed by atoms with Gasteiger partial charge in [0, 0.05) is 31.0 Å². The van der Waals surface area contributed by atoms with Crippen LogP contribution in [-0.2, 0) is 22.4 Å². The standard InChI is InChI=1S/C33H39N5O4/c1-3-25-10-9-12-27(22-25)35-32(41)36-20-17-33(18-21-36)31(40)37(24-38(33)28-13-5-4-6-14-28)23-30(39)34-19-16-26-11-7-8-15-29(26)42-2/h4-15,22H,3,16-21,23-24H2,1-2H3,(H,34,39)(H,35,41). The third-order valence-corrected chi connectivity index (χ3v) is 8.29. The number of urea groups is 1. The fourth-order valence-corrected chi connectivity index (χ4v) is 5.95. The summed E-state index contributed by atoms with van der Waals surface area (Å²) in [4.78, 5) is 45.6. The normalized spacial score (nSPS) is 16.0. The molecule has 9 heteroatoms. The first-order valence-corrected chi connectivity index (χ1v) is 14.6. The van der Waals surface area contributed by atoms with E-state index in [4.69, 9.17) is 4.74 Å². The second-order valence-corrected chi connectivity index (χ2v) is 10.8. The van der Waals surface area contributed by atoms with Gasteiger partial charge in [-0.3, -0.25) is 9.59 Å². The second-order valence-electron chi connectivity index (χ2n) is 10.8. The number of likely N-dealkylation sites (tertiary alicyclic amines) is 1. The lowest BCUT2D eigenvalue weighted by atomic mass is 9.85. The van der Waals surface area contributed by atoms with Crippen LogP contribution < -0.4 is 20.3 Å². The average Bonchev–Trinajstić information content (AvgIpc) is 3.28. The molecule has 2 fully saturated rings. The number of methoxy groups -OCH3 is 1. The monoisotopic (exact) mass is 569 g/mol. The van der Waals surface area contributed by atoms with Gasteiger partial charge in [-0.25, -0.2) is 4.79 Å². The molecule has 2 saturated heterocycles. The van der Waals surface area contributed by atoms with E-state index >= 15 is 0 Å². The molecule has 220 valence electrons. The minimum atomic E-state index is -0.808. The Morgan fingerprint density at radius 2 is 1.69 bits per heavy atom. The van der Waals surface area contributed by atoms with Gasteiger partial charge in [0.15, 0.2) is 0 Å². The number of hydrogen-bond acceptors (Lipinski definition) is 5. The van der Waals surface area contributed by atoms with Crippen LogP contribution in [0.1, 0.15) is 30.9 Å². The number of aryl methyl sites for hydroxylation is 1. The fourth-order valence-electron chi connectivity index (χ4n) is 5.95. The summed E-state index contributed by atoms with van der Waals surface area (Å²) in [5, 5.41) is 5.97. The number of nitrogens with zero attached hydrogens (tertiary/aromatic N) is 3. The number of piperidine rings is 1. The molecular formula is C33H39N5O4. The van der Waals surface area contributed by atoms with Crippen molar-refractivity contribution in [3.05, 3.63) is 90.0 Å². The molecule has 0 aliphatic carbocycles. The van der Waals surface area contributed by atoms with Gasteiger partial charge in [-0.05, 0) is 67.1 Å². The SMILES string of the molecule is CCc1cccc(NC(=O)N2CCC3(CC2)C(=O)N(CC(=O)NCCc2ccccc2OC)CN3c2ccccc2)c1. The van der Waals surface area contributed by atoms with E-state index in [1.807, 2.05) is 78.9 Å². The van der Waals surface area contributed by atoms with Crippen LogP contribution in [0, 0.1) is 0 Å². The Morgan fingerprint density at radius 1 is 0.952 bits per heavy atom. The highest BCUT2D eigenvalue weighted by molar-refractivity contribution is 5.97. The van der Waals surface area contributed by atoms with Crippen molar-refractivity contribution in [2.24, 2.45) is 0 Å². The summed E-state index contributed by atoms with van der Waals surface area (Å²) >= 11 is 0. The van der Waals surface area contributed by atoms with Gasteiger partial charge in [-0.15, -0.1) is 0 Å². The van der Waals surface area contributed by atoms with Crippen molar-refractivity contribution in [3.63, 3.8) is 0 Å². The molecule has 0 atom stereocenters. The number of anilines is 2. The van der Waals surface area contributed by atoms with Crippen molar-refractivity contribution in [3.8, 4) is 5.75 Å². The maximum Gasteiger partial charge on any atom is 0.321 e. The lowest BCUT2D eigenvalue weighted by Crippen LogP contribution is -2.58. The van der Waals surface area contributed by atoms with Crippen molar-refractivity contribution >= 4 is 29.2 Å². The summed E-state index contributed by atoms with van der Waals surface area (Å²) in [6, 6.07) is 25.3. The largest absolute Gasteiger partial charge is 0.496 e. The number of carbonyl (C=O) groups excluding carboxylic acids is 3. The molecular weight excluding hydrogens is 530 g/mol. The summed E-state index contributed by atoms with van der Waals surface area (Å²) in [6.45, 7) is 3.70. The predicted octanol–water partition coefficient (Wildman–Crippen LogP) is 4.29. The van der Waals surface area contributed by atoms with Gasteiger partial charge in [0.1, 0.15) is 17.8 Å². The minimum Gasteiger partial charge on any atom is -0.496 e. The third-order valence-electron chi connectivity index (χ3n) is 8.29. The van der Waals surface area contributed by atoms with Crippen LogP contribution >= 0.6 is 0 Å². The highest BCUT2D eigenvalue weighted by Crippen LogP contribution is 2.39. The fraction of sp³-hybridized carbons (Fsp3) is 0.364. The van der Waals surface area contributed by atoms with Crippen molar-refractivity contribution in [2.75, 3.05) is 50.2 Å². The van der Waals surface area contributed by atoms with E-state index in [1.54, 1.807) is 16.9 Å². The Bertz CT molecular complexity index is 1400. The van der Waals surface area contributed by atoms with Crippen LogP contribution in [-0.4, -0.2) is 73.1 Å². The van der Waals surface area contributed by atoms with Crippen molar-refractivity contribution in [2.45, 2.75) is 38.1 Å². The van der Waals surface area contributed by atoms with E-state index in [-0.39, 0.29) is 24.4 Å². The molecule has 2 aliphatic rings. The second kappa shape index (κ2) is 13.0. The Labute approximate surface area is 247 Å². The van der Waals surface area contributed by atoms with Gasteiger partial charge >= 0.3 is 6.03 Å². The molecule has 2 heterocycles. The van der Waals surface area contributed by atoms with Gasteiger partial charge < -0.3 is 30.1 Å². The number of hydrogen-bond donors (Lipinski definition) is 2. The first-order chi connectivity index (χ1) is 20.4. The highest BCUT2D eigenvalue weighted by Gasteiger charge is 2.54. The smallest absolute Gasteiger partial charge is 0.321 e. The molecule has 0 bridgehead atoms. The molecule has 0 unspecified atom stereocenters. The van der Waals surface area contributed by atoms with Crippen LogP contribution in [0.15, 0.2) is 78.9 Å². The van der Waals surface area contributed by atoms with Crippen LogP contribution in [0.3, 0.4) is 0 Å². The average molecular weight is 570 g/mol. The molecule has 2 aliphatic heterocycles. The number of rotatable bonds is 9. The molecule has 0 saturated carbocycles. The molecule has 0 radical (unpaired) electrons. The zero-order chi connectivity index (χ0) is 29.5. The lowest BCUT2D eigenvalue weighted by Gasteiger charge is -2.43. The van der Waals surface area contributed by atoms with Crippen molar-refractivity contribution < 1.29 is 19.1 Å². The molecule has 1 spiro atoms. The zero-order valence-electron chi connectivity index (χ0n) is 24.3. The molecule has 0 aromatic heterocycles. The quantitative estimate of drug-likeness (QED) is 0.401. The minimum absolute atomic E-state index is 0.0200. The van der Waals surface area contributed by atoms with E-state index in [2.05, 4.69) is 22.5 Å². The first kappa shape index (κ1) is 29.0. The van der Waals surface area contributed by atoms with Gasteiger partial charge in [0.2, 0.25) is 5.91 Å². The number of carbonyl (C=O) groups is 3. The summed E-state index contributed by atoms with van der Waals surface area (Å²) in [5.41, 5.74) is 3.06. The number of amides is 4. The van der Waals surface area contributed by atoms with Gasteiger partial charge in [-0.1, -0.05) is 55.5 Å². The molecule has 3 aromatic carbocycles. The van der Waals surface area contributed by atoms with Crippen molar-refractivity contribution in [1.29, 1.82) is 0 Å². The zero-order valence-corrected chi connectivity index (χ0v) is 24.3. The van der Waals surface area contributed by atoms with E-state index < -0.39 is 5.54 Å². The number of benzene rings is 3. The van der Waals surface area contributed by atoms with E-state index in [1.165, 1.54) is 0 Å². The summed E-state index contributed by atoms with van der Waals surface area (Å²) < 4.78 is 5.40. The summed E-state index contributed by atoms with van der Waals surface area (Å²) in [7, 11) is 1.63. The van der Waals surface area contributed by atoms with Gasteiger partial charge in [-0.2, -0.15) is 0 Å². The molecule has 4 amide bonds. The Morgan fingerprint density at radius 3 is 2.43 bits per heavy atom. The molecule has 9 nitrogen and oxygen atoms in total. The number of para-hydroxylation sites is 2. The Hall–Kier alpha value is -4.53. The van der Waals surface area contributed by atoms with Crippen LogP contribution in [0.25, 0.3) is 0 Å². The summed E-state index contributed by atoms with van der Waals surface area (Å²) in [6.07, 6.45) is 2.48. The molecule has 2 N–H and O–H groups in total. The molecule has 5 rings (SSSR count). The van der Waals surface area contributed by atoms with Gasteiger partial charge in [0.25, 0.3) is 5.91 Å². The number of ether oxygens (including phenoxy) is 1. The van der Waals surface area contributed by atoms with Crippen molar-refractivity contribution in [1.82, 2.24) is 15.1 Å². The van der Waals surface area contributed by atoms with E-state index in [0.717, 1.165) is 34.7 Å². The Balaban J connectivity index is 1.23. The summed E-state index contributed by atoms with van der Waals surface area (Å²) in [5.74, 6) is 0.521. The molecule has 3 aromatic rings. The van der Waals surface area contributed by atoms with E-state index in [0.29, 0.717) is 45.6 Å². The molecule has 42 heavy (non-hydrogen) atoms. The Kier molecular flexibility index (Phi) is 8.95. The van der Waals surface area contributed by atoms with E-state index in [9.17, 15) is 14.4 Å². The third kappa shape index (κ3) is 6.20. The maximum absolute atomic E-state index is 14.0. The van der Waals surface area contributed by atoms with Gasteiger partial charge in [0.05, 0.1) is 13.8 Å².